The van der Waals surface area contributed by atoms with Crippen molar-refractivity contribution in [3.63, 3.8) is 0 Å². The zero-order valence-electron chi connectivity index (χ0n) is 8.38. The molecule has 0 aliphatic heterocycles. The summed E-state index contributed by atoms with van der Waals surface area (Å²) in [6, 6.07) is 5.84. The summed E-state index contributed by atoms with van der Waals surface area (Å²) in [4.78, 5) is 8.56. The average molecular weight is 187 g/mol. The molecule has 14 heavy (non-hydrogen) atoms. The average Bonchev–Trinajstić information content (AvgIpc) is 2.68. The largest absolute Gasteiger partial charge is 0.290 e. The Morgan fingerprint density at radius 2 is 2.07 bits per heavy atom. The Kier molecular flexibility index (Phi) is 2.31. The fourth-order valence-electron chi connectivity index (χ4n) is 1.27. The SMILES string of the molecule is CC(C)c1cn(-c2ccccn2)cn1. The predicted octanol–water partition coefficient (Wildman–Crippen LogP) is 2.39. The highest BCUT2D eigenvalue weighted by atomic mass is 15.1. The quantitative estimate of drug-likeness (QED) is 0.722. The van der Waals surface area contributed by atoms with E-state index in [2.05, 4.69) is 23.8 Å². The van der Waals surface area contributed by atoms with Crippen molar-refractivity contribution in [2.75, 3.05) is 0 Å². The van der Waals surface area contributed by atoms with Gasteiger partial charge in [0.05, 0.1) is 5.69 Å². The summed E-state index contributed by atoms with van der Waals surface area (Å²) < 4.78 is 1.94. The molecule has 0 aliphatic carbocycles. The van der Waals surface area contributed by atoms with Crippen LogP contribution >= 0.6 is 0 Å². The maximum Gasteiger partial charge on any atom is 0.137 e. The number of rotatable bonds is 2. The molecule has 0 fully saturated rings. The van der Waals surface area contributed by atoms with E-state index >= 15 is 0 Å². The van der Waals surface area contributed by atoms with Crippen molar-refractivity contribution in [2.24, 2.45) is 0 Å². The molecule has 0 spiro atoms. The molecule has 3 nitrogen and oxygen atoms in total. The molecule has 0 radical (unpaired) electrons. The lowest BCUT2D eigenvalue weighted by Gasteiger charge is -1.99. The van der Waals surface area contributed by atoms with Crippen molar-refractivity contribution in [1.29, 1.82) is 0 Å². The van der Waals surface area contributed by atoms with Gasteiger partial charge in [0.25, 0.3) is 0 Å². The van der Waals surface area contributed by atoms with Gasteiger partial charge in [0.2, 0.25) is 0 Å². The fraction of sp³-hybridized carbons (Fsp3) is 0.273. The van der Waals surface area contributed by atoms with Gasteiger partial charge >= 0.3 is 0 Å². The molecule has 0 aliphatic rings. The van der Waals surface area contributed by atoms with Crippen LogP contribution < -0.4 is 0 Å². The Labute approximate surface area is 83.4 Å². The molecule has 0 saturated heterocycles. The third kappa shape index (κ3) is 1.66. The first-order chi connectivity index (χ1) is 6.77. The van der Waals surface area contributed by atoms with Crippen LogP contribution in [0.3, 0.4) is 0 Å². The van der Waals surface area contributed by atoms with Gasteiger partial charge in [-0.05, 0) is 18.1 Å². The van der Waals surface area contributed by atoms with E-state index in [1.807, 2.05) is 29.0 Å². The zero-order chi connectivity index (χ0) is 9.97. The van der Waals surface area contributed by atoms with Crippen molar-refractivity contribution in [3.8, 4) is 5.82 Å². The van der Waals surface area contributed by atoms with E-state index in [1.54, 1.807) is 12.5 Å². The molecule has 0 unspecified atom stereocenters. The van der Waals surface area contributed by atoms with Gasteiger partial charge in [-0.3, -0.25) is 4.57 Å². The van der Waals surface area contributed by atoms with Gasteiger partial charge < -0.3 is 0 Å². The summed E-state index contributed by atoms with van der Waals surface area (Å²) in [7, 11) is 0. The highest BCUT2D eigenvalue weighted by molar-refractivity contribution is 5.23. The van der Waals surface area contributed by atoms with Crippen LogP contribution in [0.25, 0.3) is 5.82 Å². The summed E-state index contributed by atoms with van der Waals surface area (Å²) in [5.41, 5.74) is 1.09. The van der Waals surface area contributed by atoms with Crippen molar-refractivity contribution in [3.05, 3.63) is 42.6 Å². The molecule has 0 amide bonds. The van der Waals surface area contributed by atoms with E-state index in [0.29, 0.717) is 5.92 Å². The molecule has 0 N–H and O–H groups in total. The third-order valence-corrected chi connectivity index (χ3v) is 2.11. The molecular weight excluding hydrogens is 174 g/mol. The van der Waals surface area contributed by atoms with Gasteiger partial charge in [0.15, 0.2) is 0 Å². The highest BCUT2D eigenvalue weighted by Crippen LogP contribution is 2.12. The van der Waals surface area contributed by atoms with E-state index in [0.717, 1.165) is 11.5 Å². The minimum atomic E-state index is 0.458. The number of hydrogen-bond acceptors (Lipinski definition) is 2. The number of imidazole rings is 1. The van der Waals surface area contributed by atoms with Crippen molar-refractivity contribution >= 4 is 0 Å². The maximum absolute atomic E-state index is 4.32. The Hall–Kier alpha value is -1.64. The first kappa shape index (κ1) is 8.94. The van der Waals surface area contributed by atoms with Crippen LogP contribution in [-0.2, 0) is 0 Å². The molecule has 2 heterocycles. The third-order valence-electron chi connectivity index (χ3n) is 2.11. The van der Waals surface area contributed by atoms with Crippen LogP contribution in [0, 0.1) is 0 Å². The second-order valence-corrected chi connectivity index (χ2v) is 3.55. The van der Waals surface area contributed by atoms with Crippen molar-refractivity contribution < 1.29 is 0 Å². The zero-order valence-corrected chi connectivity index (χ0v) is 8.38. The Morgan fingerprint density at radius 3 is 2.64 bits per heavy atom. The minimum absolute atomic E-state index is 0.458. The van der Waals surface area contributed by atoms with Crippen LogP contribution in [0.4, 0.5) is 0 Å². The van der Waals surface area contributed by atoms with Crippen LogP contribution in [0.5, 0.6) is 0 Å². The monoisotopic (exact) mass is 187 g/mol. The summed E-state index contributed by atoms with van der Waals surface area (Å²) in [6.07, 6.45) is 5.61. The van der Waals surface area contributed by atoms with Gasteiger partial charge in [0.1, 0.15) is 12.1 Å². The maximum atomic E-state index is 4.32. The Morgan fingerprint density at radius 1 is 1.21 bits per heavy atom. The summed E-state index contributed by atoms with van der Waals surface area (Å²) in [5, 5.41) is 0. The first-order valence-corrected chi connectivity index (χ1v) is 4.72. The normalized spacial score (nSPS) is 10.8. The van der Waals surface area contributed by atoms with Gasteiger partial charge in [-0.25, -0.2) is 9.97 Å². The molecule has 2 aromatic rings. The van der Waals surface area contributed by atoms with Crippen molar-refractivity contribution in [1.82, 2.24) is 14.5 Å². The van der Waals surface area contributed by atoms with E-state index in [-0.39, 0.29) is 0 Å². The Bertz CT molecular complexity index is 403. The lowest BCUT2D eigenvalue weighted by molar-refractivity contribution is 0.831. The molecule has 0 aromatic carbocycles. The van der Waals surface area contributed by atoms with Crippen LogP contribution in [-0.4, -0.2) is 14.5 Å². The second kappa shape index (κ2) is 3.62. The molecule has 0 atom stereocenters. The van der Waals surface area contributed by atoms with E-state index in [1.165, 1.54) is 0 Å². The van der Waals surface area contributed by atoms with Crippen molar-refractivity contribution in [2.45, 2.75) is 19.8 Å². The summed E-state index contributed by atoms with van der Waals surface area (Å²) >= 11 is 0. The highest BCUT2D eigenvalue weighted by Gasteiger charge is 2.04. The molecule has 0 bridgehead atoms. The van der Waals surface area contributed by atoms with Gasteiger partial charge in [-0.15, -0.1) is 0 Å². The fourth-order valence-corrected chi connectivity index (χ4v) is 1.27. The molecule has 2 aromatic heterocycles. The van der Waals surface area contributed by atoms with E-state index in [9.17, 15) is 0 Å². The first-order valence-electron chi connectivity index (χ1n) is 4.72. The van der Waals surface area contributed by atoms with Gasteiger partial charge in [-0.1, -0.05) is 19.9 Å². The molecule has 2 rings (SSSR count). The van der Waals surface area contributed by atoms with E-state index in [4.69, 9.17) is 0 Å². The summed E-state index contributed by atoms with van der Waals surface area (Å²) in [6.45, 7) is 4.26. The number of aromatic nitrogens is 3. The Balaban J connectivity index is 2.34. The lowest BCUT2D eigenvalue weighted by atomic mass is 10.2. The van der Waals surface area contributed by atoms with Crippen LogP contribution in [0.1, 0.15) is 25.5 Å². The smallest absolute Gasteiger partial charge is 0.137 e. The van der Waals surface area contributed by atoms with Gasteiger partial charge in [0, 0.05) is 12.4 Å². The molecule has 72 valence electrons. The molecular formula is C11H13N3. The van der Waals surface area contributed by atoms with Crippen LogP contribution in [0.15, 0.2) is 36.9 Å². The minimum Gasteiger partial charge on any atom is -0.290 e. The summed E-state index contributed by atoms with van der Waals surface area (Å²) in [5.74, 6) is 1.37. The molecule has 3 heteroatoms. The molecule has 0 saturated carbocycles. The topological polar surface area (TPSA) is 30.7 Å². The van der Waals surface area contributed by atoms with Gasteiger partial charge in [-0.2, -0.15) is 0 Å². The number of pyridine rings is 1. The van der Waals surface area contributed by atoms with Crippen LogP contribution in [0.2, 0.25) is 0 Å². The van der Waals surface area contributed by atoms with E-state index < -0.39 is 0 Å². The lowest BCUT2D eigenvalue weighted by Crippen LogP contribution is -1.92. The number of nitrogens with zero attached hydrogens (tertiary/aromatic N) is 3. The predicted molar refractivity (Wildman–Crippen MR) is 55.4 cm³/mol. The standard InChI is InChI=1S/C11H13N3/c1-9(2)10-7-14(8-13-10)11-5-3-4-6-12-11/h3-9H,1-2H3. The second-order valence-electron chi connectivity index (χ2n) is 3.55. The number of hydrogen-bond donors (Lipinski definition) is 0.